The van der Waals surface area contributed by atoms with Crippen LogP contribution in [0.4, 0.5) is 11.4 Å². The minimum Gasteiger partial charge on any atom is -0.397 e. The average molecular weight is 274 g/mol. The molecule has 98 valence electrons. The Morgan fingerprint density at radius 1 is 1.11 bits per heavy atom. The summed E-state index contributed by atoms with van der Waals surface area (Å²) in [5, 5.41) is 2.62. The molecule has 0 aliphatic carbocycles. The van der Waals surface area contributed by atoms with Crippen molar-refractivity contribution in [3.63, 3.8) is 0 Å². The molecule has 3 N–H and O–H groups in total. The molecule has 0 heterocycles. The minimum atomic E-state index is -1.27. The van der Waals surface area contributed by atoms with Gasteiger partial charge in [-0.3, -0.25) is 4.79 Å². The number of hydrogen-bond acceptors (Lipinski definition) is 3. The highest BCUT2D eigenvalue weighted by Gasteiger charge is 2.09. The Morgan fingerprint density at radius 2 is 1.79 bits per heavy atom. The van der Waals surface area contributed by atoms with Crippen molar-refractivity contribution in [2.45, 2.75) is 16.7 Å². The van der Waals surface area contributed by atoms with Gasteiger partial charge in [0.15, 0.2) is 0 Å². The number of nitrogen functional groups attached to an aromatic ring is 1. The molecule has 4 nitrogen and oxygen atoms in total. The molecule has 1 unspecified atom stereocenters. The van der Waals surface area contributed by atoms with Crippen molar-refractivity contribution in [1.29, 1.82) is 0 Å². The summed E-state index contributed by atoms with van der Waals surface area (Å²) in [6.07, 6.45) is 0. The van der Waals surface area contributed by atoms with E-state index in [1.165, 1.54) is 6.92 Å². The van der Waals surface area contributed by atoms with Gasteiger partial charge in [-0.05, 0) is 30.3 Å². The smallest absolute Gasteiger partial charge is 0.221 e. The van der Waals surface area contributed by atoms with Crippen molar-refractivity contribution in [2.75, 3.05) is 11.1 Å². The molecule has 2 aromatic carbocycles. The van der Waals surface area contributed by atoms with Gasteiger partial charge in [0.25, 0.3) is 0 Å². The van der Waals surface area contributed by atoms with Gasteiger partial charge in [-0.1, -0.05) is 18.2 Å². The van der Waals surface area contributed by atoms with Crippen LogP contribution in [0.15, 0.2) is 58.3 Å². The predicted molar refractivity (Wildman–Crippen MR) is 76.3 cm³/mol. The fraction of sp³-hybridized carbons (Fsp3) is 0.0714. The Labute approximate surface area is 114 Å². The van der Waals surface area contributed by atoms with Gasteiger partial charge in [-0.25, -0.2) is 4.21 Å². The molecule has 0 fully saturated rings. The third-order valence-corrected chi connectivity index (χ3v) is 3.89. The topological polar surface area (TPSA) is 72.2 Å². The first kappa shape index (κ1) is 13.3. The summed E-state index contributed by atoms with van der Waals surface area (Å²) in [5.74, 6) is -0.191. The molecule has 0 radical (unpaired) electrons. The highest BCUT2D eigenvalue weighted by Crippen LogP contribution is 2.24. The van der Waals surface area contributed by atoms with Crippen molar-refractivity contribution in [3.05, 3.63) is 48.5 Å². The van der Waals surface area contributed by atoms with Crippen molar-refractivity contribution in [2.24, 2.45) is 0 Å². The molecule has 0 aliphatic heterocycles. The van der Waals surface area contributed by atoms with Crippen LogP contribution in [-0.4, -0.2) is 10.1 Å². The summed E-state index contributed by atoms with van der Waals surface area (Å²) in [6.45, 7) is 1.41. The molecule has 5 heteroatoms. The lowest BCUT2D eigenvalue weighted by Crippen LogP contribution is -2.08. The molecule has 0 saturated heterocycles. The zero-order valence-corrected chi connectivity index (χ0v) is 11.2. The van der Waals surface area contributed by atoms with Crippen LogP contribution in [0.1, 0.15) is 6.92 Å². The van der Waals surface area contributed by atoms with Crippen molar-refractivity contribution < 1.29 is 9.00 Å². The van der Waals surface area contributed by atoms with E-state index < -0.39 is 10.8 Å². The molecule has 0 bridgehead atoms. The maximum absolute atomic E-state index is 12.3. The number of carbonyl (C=O) groups excluding carboxylic acids is 1. The van der Waals surface area contributed by atoms with E-state index in [0.29, 0.717) is 21.2 Å². The molecular formula is C14H14N2O2S. The average Bonchev–Trinajstić information content (AvgIpc) is 2.41. The Balaban J connectivity index is 2.30. The fourth-order valence-corrected chi connectivity index (χ4v) is 2.74. The van der Waals surface area contributed by atoms with Crippen LogP contribution in [0.2, 0.25) is 0 Å². The van der Waals surface area contributed by atoms with E-state index in [2.05, 4.69) is 5.32 Å². The van der Waals surface area contributed by atoms with Crippen LogP contribution in [0.3, 0.4) is 0 Å². The molecule has 2 aromatic rings. The van der Waals surface area contributed by atoms with E-state index in [-0.39, 0.29) is 5.91 Å². The summed E-state index contributed by atoms with van der Waals surface area (Å²) < 4.78 is 12.3. The molecular weight excluding hydrogens is 260 g/mol. The maximum Gasteiger partial charge on any atom is 0.221 e. The second kappa shape index (κ2) is 5.67. The first-order valence-corrected chi connectivity index (χ1v) is 6.87. The summed E-state index contributed by atoms with van der Waals surface area (Å²) >= 11 is 0. The molecule has 2 rings (SSSR count). The number of rotatable bonds is 3. The van der Waals surface area contributed by atoms with E-state index >= 15 is 0 Å². The first-order chi connectivity index (χ1) is 9.08. The van der Waals surface area contributed by atoms with Gasteiger partial charge < -0.3 is 11.1 Å². The number of hydrogen-bond donors (Lipinski definition) is 2. The van der Waals surface area contributed by atoms with E-state index in [0.717, 1.165) is 0 Å². The third-order valence-electron chi connectivity index (χ3n) is 2.51. The van der Waals surface area contributed by atoms with Crippen molar-refractivity contribution >= 4 is 28.1 Å². The van der Waals surface area contributed by atoms with Gasteiger partial charge in [0, 0.05) is 16.7 Å². The molecule has 1 amide bonds. The van der Waals surface area contributed by atoms with E-state index in [1.54, 1.807) is 30.3 Å². The molecule has 1 atom stereocenters. The normalized spacial score (nSPS) is 11.8. The Hall–Kier alpha value is -2.14. The minimum absolute atomic E-state index is 0.191. The zero-order valence-electron chi connectivity index (χ0n) is 10.4. The number of nitrogens with two attached hydrogens (primary N) is 1. The quantitative estimate of drug-likeness (QED) is 0.844. The van der Waals surface area contributed by atoms with Gasteiger partial charge in [0.05, 0.1) is 22.2 Å². The third kappa shape index (κ3) is 3.20. The van der Waals surface area contributed by atoms with E-state index in [9.17, 15) is 9.00 Å². The van der Waals surface area contributed by atoms with Gasteiger partial charge in [0.2, 0.25) is 5.91 Å². The van der Waals surface area contributed by atoms with Gasteiger partial charge >= 0.3 is 0 Å². The summed E-state index contributed by atoms with van der Waals surface area (Å²) in [6, 6.07) is 14.1. The van der Waals surface area contributed by atoms with Crippen LogP contribution in [0, 0.1) is 0 Å². The van der Waals surface area contributed by atoms with Gasteiger partial charge in [0.1, 0.15) is 0 Å². The van der Waals surface area contributed by atoms with Crippen LogP contribution in [0.25, 0.3) is 0 Å². The lowest BCUT2D eigenvalue weighted by atomic mass is 10.2. The lowest BCUT2D eigenvalue weighted by Gasteiger charge is -2.08. The summed E-state index contributed by atoms with van der Waals surface area (Å²) in [7, 11) is -1.27. The summed E-state index contributed by atoms with van der Waals surface area (Å²) in [5.41, 5.74) is 6.77. The molecule has 19 heavy (non-hydrogen) atoms. The molecule has 0 aliphatic rings. The Kier molecular flexibility index (Phi) is 3.97. The lowest BCUT2D eigenvalue weighted by molar-refractivity contribution is -0.114. The monoisotopic (exact) mass is 274 g/mol. The number of anilines is 2. The second-order valence-electron chi connectivity index (χ2n) is 4.01. The maximum atomic E-state index is 12.3. The standard InChI is InChI=1S/C14H14N2O2S/c1-10(17)16-14-8-7-12(9-13(14)15)19(18)11-5-3-2-4-6-11/h2-9H,15H2,1H3,(H,16,17). The highest BCUT2D eigenvalue weighted by molar-refractivity contribution is 7.85. The van der Waals surface area contributed by atoms with E-state index in [1.807, 2.05) is 18.2 Å². The van der Waals surface area contributed by atoms with Gasteiger partial charge in [-0.15, -0.1) is 0 Å². The van der Waals surface area contributed by atoms with Crippen LogP contribution >= 0.6 is 0 Å². The number of amides is 1. The highest BCUT2D eigenvalue weighted by atomic mass is 32.2. The van der Waals surface area contributed by atoms with Crippen molar-refractivity contribution in [3.8, 4) is 0 Å². The first-order valence-electron chi connectivity index (χ1n) is 5.72. The molecule has 0 spiro atoms. The van der Waals surface area contributed by atoms with Crippen molar-refractivity contribution in [1.82, 2.24) is 0 Å². The van der Waals surface area contributed by atoms with Crippen LogP contribution in [-0.2, 0) is 15.6 Å². The zero-order chi connectivity index (χ0) is 13.8. The number of carbonyl (C=O) groups is 1. The summed E-state index contributed by atoms with van der Waals surface area (Å²) in [4.78, 5) is 12.3. The van der Waals surface area contributed by atoms with Crippen LogP contribution in [0.5, 0.6) is 0 Å². The Bertz CT molecular complexity index is 627. The second-order valence-corrected chi connectivity index (χ2v) is 5.49. The molecule has 0 aromatic heterocycles. The SMILES string of the molecule is CC(=O)Nc1ccc(S(=O)c2ccccc2)cc1N. The number of benzene rings is 2. The van der Waals surface area contributed by atoms with Crippen LogP contribution < -0.4 is 11.1 Å². The fourth-order valence-electron chi connectivity index (χ4n) is 1.64. The van der Waals surface area contributed by atoms with Gasteiger partial charge in [-0.2, -0.15) is 0 Å². The van der Waals surface area contributed by atoms with E-state index in [4.69, 9.17) is 5.73 Å². The predicted octanol–water partition coefficient (Wildman–Crippen LogP) is 2.39. The number of nitrogens with one attached hydrogen (secondary N) is 1. The Morgan fingerprint density at radius 3 is 2.37 bits per heavy atom. The molecule has 0 saturated carbocycles. The largest absolute Gasteiger partial charge is 0.397 e.